The van der Waals surface area contributed by atoms with Gasteiger partial charge in [0.25, 0.3) is 0 Å². The number of ether oxygens (including phenoxy) is 4. The van der Waals surface area contributed by atoms with E-state index in [-0.39, 0.29) is 19.6 Å². The summed E-state index contributed by atoms with van der Waals surface area (Å²) in [5.74, 6) is -0.395. The van der Waals surface area contributed by atoms with Gasteiger partial charge in [0.15, 0.2) is 6.29 Å². The highest BCUT2D eigenvalue weighted by atomic mass is 16.7. The number of aliphatic hydroxyl groups excluding tert-OH is 4. The molecular weight excluding hydrogens is 600 g/mol. The van der Waals surface area contributed by atoms with E-state index in [4.69, 9.17) is 18.9 Å². The molecule has 1 heterocycles. The van der Waals surface area contributed by atoms with Gasteiger partial charge in [-0.1, -0.05) is 127 Å². The molecule has 6 atom stereocenters. The third kappa shape index (κ3) is 22.4. The lowest BCUT2D eigenvalue weighted by molar-refractivity contribution is -0.305. The van der Waals surface area contributed by atoms with Crippen molar-refractivity contribution in [3.8, 4) is 0 Å². The van der Waals surface area contributed by atoms with Crippen molar-refractivity contribution in [2.75, 3.05) is 26.4 Å². The minimum absolute atomic E-state index is 0.116. The molecule has 0 aromatic rings. The van der Waals surface area contributed by atoms with Crippen molar-refractivity contribution < 1.29 is 44.2 Å². The first-order valence-electron chi connectivity index (χ1n) is 18.2. The van der Waals surface area contributed by atoms with Crippen LogP contribution < -0.4 is 0 Å². The summed E-state index contributed by atoms with van der Waals surface area (Å²) < 4.78 is 22.6. The number of unbranched alkanes of at least 4 members (excludes halogenated alkanes) is 10. The molecule has 47 heavy (non-hydrogen) atoms. The van der Waals surface area contributed by atoms with E-state index in [1.54, 1.807) is 0 Å². The van der Waals surface area contributed by atoms with Crippen LogP contribution in [0.25, 0.3) is 0 Å². The zero-order valence-corrected chi connectivity index (χ0v) is 29.3. The Labute approximate surface area is 284 Å². The Morgan fingerprint density at radius 3 is 1.83 bits per heavy atom. The molecule has 0 saturated carbocycles. The van der Waals surface area contributed by atoms with Crippen LogP contribution in [0.2, 0.25) is 0 Å². The lowest BCUT2D eigenvalue weighted by atomic mass is 9.99. The Bertz CT molecular complexity index is 854. The first-order chi connectivity index (χ1) is 22.9. The predicted octanol–water partition coefficient (Wildman–Crippen LogP) is 6.63. The van der Waals surface area contributed by atoms with Crippen LogP contribution in [-0.2, 0) is 23.7 Å². The molecule has 9 nitrogen and oxygen atoms in total. The molecule has 0 aliphatic carbocycles. The van der Waals surface area contributed by atoms with Gasteiger partial charge in [-0.2, -0.15) is 0 Å². The second-order valence-corrected chi connectivity index (χ2v) is 12.3. The maximum absolute atomic E-state index is 12.6. The van der Waals surface area contributed by atoms with Gasteiger partial charge < -0.3 is 39.4 Å². The topological polar surface area (TPSA) is 135 Å². The van der Waals surface area contributed by atoms with E-state index in [2.05, 4.69) is 50.3 Å². The predicted molar refractivity (Wildman–Crippen MR) is 187 cm³/mol. The largest absolute Gasteiger partial charge is 0.457 e. The quantitative estimate of drug-likeness (QED) is 0.0394. The van der Waals surface area contributed by atoms with Crippen molar-refractivity contribution >= 4 is 5.97 Å². The van der Waals surface area contributed by atoms with Crippen molar-refractivity contribution in [2.45, 2.75) is 160 Å². The lowest BCUT2D eigenvalue weighted by Crippen LogP contribution is -2.59. The van der Waals surface area contributed by atoms with Crippen LogP contribution >= 0.6 is 0 Å². The molecule has 9 heteroatoms. The molecule has 0 radical (unpaired) electrons. The second kappa shape index (κ2) is 30.2. The molecule has 0 amide bonds. The molecule has 1 saturated heterocycles. The minimum atomic E-state index is -1.55. The van der Waals surface area contributed by atoms with Gasteiger partial charge in [-0.15, -0.1) is 0 Å². The van der Waals surface area contributed by atoms with E-state index in [0.29, 0.717) is 13.0 Å². The van der Waals surface area contributed by atoms with Crippen LogP contribution in [0.3, 0.4) is 0 Å². The highest BCUT2D eigenvalue weighted by Gasteiger charge is 2.44. The molecule has 0 spiro atoms. The summed E-state index contributed by atoms with van der Waals surface area (Å²) in [5, 5.41) is 39.8. The summed E-state index contributed by atoms with van der Waals surface area (Å²) in [6, 6.07) is 0. The Morgan fingerprint density at radius 2 is 1.26 bits per heavy atom. The molecule has 272 valence electrons. The first kappa shape index (κ1) is 43.2. The molecule has 0 bridgehead atoms. The maximum atomic E-state index is 12.6. The van der Waals surface area contributed by atoms with Crippen LogP contribution in [0.15, 0.2) is 48.6 Å². The summed E-state index contributed by atoms with van der Waals surface area (Å²) >= 11 is 0. The Kier molecular flexibility index (Phi) is 27.8. The number of allylic oxidation sites excluding steroid dienone is 8. The monoisotopic (exact) mass is 666 g/mol. The number of hydrogen-bond acceptors (Lipinski definition) is 9. The first-order valence-corrected chi connectivity index (χ1v) is 18.2. The van der Waals surface area contributed by atoms with Gasteiger partial charge in [-0.3, -0.25) is 4.79 Å². The Morgan fingerprint density at radius 1 is 0.702 bits per heavy atom. The molecule has 6 unspecified atom stereocenters. The van der Waals surface area contributed by atoms with Gasteiger partial charge >= 0.3 is 5.97 Å². The van der Waals surface area contributed by atoms with E-state index >= 15 is 0 Å². The van der Waals surface area contributed by atoms with E-state index in [0.717, 1.165) is 38.5 Å². The van der Waals surface area contributed by atoms with Gasteiger partial charge in [0.05, 0.1) is 19.8 Å². The molecule has 0 aromatic heterocycles. The standard InChI is InChI=1S/C38H66O9/c1-3-5-7-9-11-13-15-16-17-19-21-23-25-27-34(40)46-32(31-45-38-37(43)36(42)35(41)33(29-39)47-38)30-44-28-26-24-22-20-18-14-12-10-8-6-4-2/h5,7,11,13,16-17,21,23,32-33,35-39,41-43H,3-4,6,8-10,12,14-15,18-20,22,24-31H2,1-2H3/b7-5-,13-11-,17-16-,23-21-. The zero-order valence-electron chi connectivity index (χ0n) is 29.3. The van der Waals surface area contributed by atoms with Crippen LogP contribution in [0.5, 0.6) is 0 Å². The average molecular weight is 667 g/mol. The fraction of sp³-hybridized carbons (Fsp3) is 0.763. The number of carbonyl (C=O) groups is 1. The SMILES string of the molecule is CC/C=C\C/C=C\C/C=C\C/C=C\CCC(=O)OC(COCCCCCCCCCCCCC)COC1OC(CO)C(O)C(O)C1O. The van der Waals surface area contributed by atoms with Gasteiger partial charge in [0.1, 0.15) is 30.5 Å². The van der Waals surface area contributed by atoms with Gasteiger partial charge in [-0.25, -0.2) is 0 Å². The number of hydrogen-bond donors (Lipinski definition) is 4. The third-order valence-electron chi connectivity index (χ3n) is 8.02. The van der Waals surface area contributed by atoms with Crippen molar-refractivity contribution in [2.24, 2.45) is 0 Å². The highest BCUT2D eigenvalue weighted by molar-refractivity contribution is 5.69. The smallest absolute Gasteiger partial charge is 0.306 e. The molecule has 1 rings (SSSR count). The number of esters is 1. The summed E-state index contributed by atoms with van der Waals surface area (Å²) in [6.07, 6.45) is 27.2. The Hall–Kier alpha value is -1.85. The number of carbonyl (C=O) groups excluding carboxylic acids is 1. The lowest BCUT2D eigenvalue weighted by Gasteiger charge is -2.39. The van der Waals surface area contributed by atoms with Crippen molar-refractivity contribution in [1.29, 1.82) is 0 Å². The Balaban J connectivity index is 2.42. The minimum Gasteiger partial charge on any atom is -0.457 e. The van der Waals surface area contributed by atoms with E-state index in [1.165, 1.54) is 57.8 Å². The second-order valence-electron chi connectivity index (χ2n) is 12.3. The fourth-order valence-electron chi connectivity index (χ4n) is 5.15. The number of rotatable bonds is 29. The van der Waals surface area contributed by atoms with Crippen molar-refractivity contribution in [3.05, 3.63) is 48.6 Å². The summed E-state index contributed by atoms with van der Waals surface area (Å²) in [5.41, 5.74) is 0. The molecule has 1 aliphatic heterocycles. The van der Waals surface area contributed by atoms with E-state index in [1.807, 2.05) is 12.2 Å². The number of aliphatic hydroxyl groups is 4. The maximum Gasteiger partial charge on any atom is 0.306 e. The molecule has 1 fully saturated rings. The van der Waals surface area contributed by atoms with E-state index < -0.39 is 49.4 Å². The normalized spacial score (nSPS) is 22.7. The van der Waals surface area contributed by atoms with Crippen LogP contribution in [-0.4, -0.2) is 89.6 Å². The summed E-state index contributed by atoms with van der Waals surface area (Å²) in [4.78, 5) is 12.6. The fourth-order valence-corrected chi connectivity index (χ4v) is 5.15. The van der Waals surface area contributed by atoms with Crippen LogP contribution in [0.4, 0.5) is 0 Å². The molecule has 0 aromatic carbocycles. The van der Waals surface area contributed by atoms with Crippen molar-refractivity contribution in [3.63, 3.8) is 0 Å². The van der Waals surface area contributed by atoms with Crippen molar-refractivity contribution in [1.82, 2.24) is 0 Å². The third-order valence-corrected chi connectivity index (χ3v) is 8.02. The van der Waals surface area contributed by atoms with Gasteiger partial charge in [0.2, 0.25) is 0 Å². The van der Waals surface area contributed by atoms with Crippen LogP contribution in [0, 0.1) is 0 Å². The molecule has 4 N–H and O–H groups in total. The molecular formula is C38H66O9. The van der Waals surface area contributed by atoms with Gasteiger partial charge in [0, 0.05) is 13.0 Å². The summed E-state index contributed by atoms with van der Waals surface area (Å²) in [7, 11) is 0. The highest BCUT2D eigenvalue weighted by Crippen LogP contribution is 2.22. The molecule has 1 aliphatic rings. The summed E-state index contributed by atoms with van der Waals surface area (Å²) in [6.45, 7) is 4.32. The van der Waals surface area contributed by atoms with E-state index in [9.17, 15) is 25.2 Å². The van der Waals surface area contributed by atoms with Gasteiger partial charge in [-0.05, 0) is 38.5 Å². The zero-order chi connectivity index (χ0) is 34.4. The van der Waals surface area contributed by atoms with Crippen LogP contribution in [0.1, 0.15) is 123 Å². The average Bonchev–Trinajstić information content (AvgIpc) is 3.07.